The van der Waals surface area contributed by atoms with Crippen molar-refractivity contribution in [3.63, 3.8) is 0 Å². The van der Waals surface area contributed by atoms with E-state index >= 15 is 0 Å². The minimum Gasteiger partial charge on any atom is -0.336 e. The number of halogens is 3. The lowest BCUT2D eigenvalue weighted by Gasteiger charge is -2.18. The van der Waals surface area contributed by atoms with Gasteiger partial charge in [0, 0.05) is 40.5 Å². The first kappa shape index (κ1) is 21.5. The highest BCUT2D eigenvalue weighted by atomic mass is 35.5. The Hall–Kier alpha value is -0.780. The fraction of sp³-hybridized carbons (Fsp3) is 0.211. The van der Waals surface area contributed by atoms with Gasteiger partial charge < -0.3 is 4.57 Å². The molecule has 0 radical (unpaired) electrons. The van der Waals surface area contributed by atoms with Crippen LogP contribution in [0.1, 0.15) is 11.1 Å². The maximum absolute atomic E-state index is 6.29. The smallest absolute Gasteiger partial charge is 0.0946 e. The number of aromatic nitrogens is 2. The van der Waals surface area contributed by atoms with Crippen molar-refractivity contribution in [1.29, 1.82) is 0 Å². The van der Waals surface area contributed by atoms with Crippen LogP contribution < -0.4 is 0 Å². The van der Waals surface area contributed by atoms with E-state index in [0.29, 0.717) is 4.58 Å². The van der Waals surface area contributed by atoms with E-state index in [9.17, 15) is 0 Å². The van der Waals surface area contributed by atoms with Gasteiger partial charge in [-0.05, 0) is 23.3 Å². The van der Waals surface area contributed by atoms with Crippen LogP contribution in [0.3, 0.4) is 0 Å². The van der Waals surface area contributed by atoms with Crippen LogP contribution in [-0.4, -0.2) is 14.1 Å². The monoisotopic (exact) mass is 444 g/mol. The molecular formula is C19H19Cl3N2S2. The van der Waals surface area contributed by atoms with E-state index in [1.807, 2.05) is 78.6 Å². The Morgan fingerprint density at radius 1 is 0.885 bits per heavy atom. The summed E-state index contributed by atoms with van der Waals surface area (Å²) in [6.45, 7) is 0.893. The lowest BCUT2D eigenvalue weighted by Crippen LogP contribution is -2.09. The molecule has 0 aliphatic carbocycles. The second kappa shape index (κ2) is 11.2. The number of hydrogen-bond donors (Lipinski definition) is 0. The van der Waals surface area contributed by atoms with E-state index in [1.165, 1.54) is 11.1 Å². The van der Waals surface area contributed by atoms with E-state index in [1.54, 1.807) is 0 Å². The molecule has 0 N–H and O–H groups in total. The highest BCUT2D eigenvalue weighted by Gasteiger charge is 2.13. The molecule has 0 fully saturated rings. The molecule has 0 saturated carbocycles. The van der Waals surface area contributed by atoms with Gasteiger partial charge in [-0.2, -0.15) is 0 Å². The Kier molecular flexibility index (Phi) is 9.23. The van der Waals surface area contributed by atoms with Gasteiger partial charge in [-0.3, -0.25) is 0 Å². The molecule has 1 heterocycles. The third-order valence-corrected chi connectivity index (χ3v) is 7.24. The molecule has 0 saturated heterocycles. The first-order chi connectivity index (χ1) is 12.2. The summed E-state index contributed by atoms with van der Waals surface area (Å²) in [4.78, 5) is 4.14. The van der Waals surface area contributed by atoms with Crippen LogP contribution in [0.4, 0.5) is 0 Å². The normalized spacial score (nSPS) is 10.7. The van der Waals surface area contributed by atoms with Crippen LogP contribution in [0, 0.1) is 0 Å². The zero-order chi connectivity index (χ0) is 17.5. The molecule has 0 aliphatic heterocycles. The van der Waals surface area contributed by atoms with Crippen LogP contribution in [-0.2, 0) is 18.1 Å². The fourth-order valence-corrected chi connectivity index (χ4v) is 5.46. The van der Waals surface area contributed by atoms with E-state index in [0.717, 1.165) is 28.1 Å². The van der Waals surface area contributed by atoms with Gasteiger partial charge in [0.05, 0.1) is 10.9 Å². The van der Waals surface area contributed by atoms with Crippen molar-refractivity contribution >= 4 is 59.1 Å². The van der Waals surface area contributed by atoms with Crippen LogP contribution in [0.15, 0.2) is 67.3 Å². The largest absolute Gasteiger partial charge is 0.336 e. The molecule has 0 unspecified atom stereocenters. The number of nitrogens with zero attached hydrogens (tertiary/aromatic N) is 2. The highest BCUT2D eigenvalue weighted by Crippen LogP contribution is 2.33. The molecule has 7 heteroatoms. The maximum Gasteiger partial charge on any atom is 0.0946 e. The molecule has 2 aromatic carbocycles. The number of benzene rings is 2. The topological polar surface area (TPSA) is 17.8 Å². The second-order valence-corrected chi connectivity index (χ2v) is 8.99. The molecule has 0 atom stereocenters. The highest BCUT2D eigenvalue weighted by molar-refractivity contribution is 8.16. The minimum atomic E-state index is 0. The summed E-state index contributed by atoms with van der Waals surface area (Å²) in [6.07, 6.45) is 5.67. The first-order valence-electron chi connectivity index (χ1n) is 7.88. The van der Waals surface area contributed by atoms with E-state index in [-0.39, 0.29) is 12.4 Å². The summed E-state index contributed by atoms with van der Waals surface area (Å²) < 4.78 is 2.49. The van der Waals surface area contributed by atoms with Crippen LogP contribution >= 0.6 is 59.1 Å². The Bertz CT molecular complexity index is 747. The number of imidazole rings is 1. The molecule has 0 spiro atoms. The number of hydrogen-bond acceptors (Lipinski definition) is 3. The second-order valence-electron chi connectivity index (χ2n) is 5.49. The summed E-state index contributed by atoms with van der Waals surface area (Å²) in [5.41, 5.74) is 2.34. The van der Waals surface area contributed by atoms with Crippen molar-refractivity contribution in [3.05, 3.63) is 88.4 Å². The fourth-order valence-electron chi connectivity index (χ4n) is 2.32. The Balaban J connectivity index is 0.00000243. The predicted molar refractivity (Wildman–Crippen MR) is 119 cm³/mol. The van der Waals surface area contributed by atoms with Crippen molar-refractivity contribution in [2.45, 2.75) is 22.6 Å². The maximum atomic E-state index is 6.29. The summed E-state index contributed by atoms with van der Waals surface area (Å²) in [7, 11) is 0. The zero-order valence-electron chi connectivity index (χ0n) is 13.9. The van der Waals surface area contributed by atoms with Crippen LogP contribution in [0.2, 0.25) is 10.0 Å². The Morgan fingerprint density at radius 2 is 1.42 bits per heavy atom. The van der Waals surface area contributed by atoms with Gasteiger partial charge in [0.2, 0.25) is 0 Å². The molecule has 1 aromatic heterocycles. The SMILES string of the molecule is Cl.Clc1ccccc1CSC(Cn1ccnc1)SCc1ccccc1Cl. The molecule has 2 nitrogen and oxygen atoms in total. The summed E-state index contributed by atoms with van der Waals surface area (Å²) in [6, 6.07) is 16.0. The van der Waals surface area contributed by atoms with E-state index in [2.05, 4.69) is 21.7 Å². The Morgan fingerprint density at radius 3 is 1.88 bits per heavy atom. The predicted octanol–water partition coefficient (Wildman–Crippen LogP) is 6.80. The van der Waals surface area contributed by atoms with Crippen molar-refractivity contribution < 1.29 is 0 Å². The van der Waals surface area contributed by atoms with Crippen LogP contribution in [0.5, 0.6) is 0 Å². The van der Waals surface area contributed by atoms with Gasteiger partial charge in [0.25, 0.3) is 0 Å². The zero-order valence-corrected chi connectivity index (χ0v) is 17.9. The minimum absolute atomic E-state index is 0. The van der Waals surface area contributed by atoms with Crippen molar-refractivity contribution in [2.24, 2.45) is 0 Å². The lowest BCUT2D eigenvalue weighted by atomic mass is 10.2. The van der Waals surface area contributed by atoms with Gasteiger partial charge in [-0.1, -0.05) is 59.6 Å². The number of rotatable bonds is 8. The molecule has 26 heavy (non-hydrogen) atoms. The molecule has 0 aliphatic rings. The lowest BCUT2D eigenvalue weighted by molar-refractivity contribution is 0.750. The third kappa shape index (κ3) is 6.43. The Labute approximate surface area is 179 Å². The molecule has 0 bridgehead atoms. The van der Waals surface area contributed by atoms with Gasteiger partial charge in [0.15, 0.2) is 0 Å². The molecule has 3 rings (SSSR count). The van der Waals surface area contributed by atoms with Gasteiger partial charge in [0.1, 0.15) is 0 Å². The van der Waals surface area contributed by atoms with Gasteiger partial charge >= 0.3 is 0 Å². The molecular weight excluding hydrogens is 427 g/mol. The summed E-state index contributed by atoms with van der Waals surface area (Å²) >= 11 is 16.4. The summed E-state index contributed by atoms with van der Waals surface area (Å²) in [5, 5.41) is 1.65. The first-order valence-corrected chi connectivity index (χ1v) is 10.7. The van der Waals surface area contributed by atoms with E-state index < -0.39 is 0 Å². The van der Waals surface area contributed by atoms with Gasteiger partial charge in [-0.15, -0.1) is 35.9 Å². The molecule has 138 valence electrons. The quantitative estimate of drug-likeness (QED) is 0.355. The summed E-state index contributed by atoms with van der Waals surface area (Å²) in [5.74, 6) is 1.77. The van der Waals surface area contributed by atoms with Crippen molar-refractivity contribution in [1.82, 2.24) is 9.55 Å². The molecule has 3 aromatic rings. The average molecular weight is 446 g/mol. The molecule has 0 amide bonds. The standard InChI is InChI=1S/C19H18Cl2N2S2.ClH/c20-17-7-3-1-5-15(17)12-24-19(11-23-10-9-22-14-23)25-13-16-6-2-4-8-18(16)21;/h1-10,14,19H,11-13H2;1H. The van der Waals surface area contributed by atoms with E-state index in [4.69, 9.17) is 23.2 Å². The average Bonchev–Trinajstić information content (AvgIpc) is 3.13. The van der Waals surface area contributed by atoms with Crippen LogP contribution in [0.25, 0.3) is 0 Å². The third-order valence-electron chi connectivity index (χ3n) is 3.68. The van der Waals surface area contributed by atoms with Crippen molar-refractivity contribution in [3.8, 4) is 0 Å². The van der Waals surface area contributed by atoms with Crippen molar-refractivity contribution in [2.75, 3.05) is 0 Å². The van der Waals surface area contributed by atoms with Gasteiger partial charge in [-0.25, -0.2) is 4.98 Å². The number of thioether (sulfide) groups is 2.